The highest BCUT2D eigenvalue weighted by Gasteiger charge is 2.30. The summed E-state index contributed by atoms with van der Waals surface area (Å²) in [6.07, 6.45) is 62.3. The predicted octanol–water partition coefficient (Wildman–Crippen LogP) is 23.6. The smallest absolute Gasteiger partial charge is 0.462 e. The van der Waals surface area contributed by atoms with Crippen molar-refractivity contribution in [3.8, 4) is 0 Å². The van der Waals surface area contributed by atoms with Gasteiger partial charge in [0.05, 0.1) is 26.4 Å². The molecule has 0 heterocycles. The number of esters is 4. The summed E-state index contributed by atoms with van der Waals surface area (Å²) >= 11 is 0. The highest BCUT2D eigenvalue weighted by molar-refractivity contribution is 7.47. The zero-order chi connectivity index (χ0) is 71.9. The molecular formula is C79H154O17P2. The molecule has 0 aromatic rings. The summed E-state index contributed by atoms with van der Waals surface area (Å²) in [7, 11) is -9.92. The molecule has 0 spiro atoms. The summed E-state index contributed by atoms with van der Waals surface area (Å²) in [5.74, 6) is -1.34. The van der Waals surface area contributed by atoms with Gasteiger partial charge in [-0.1, -0.05) is 369 Å². The lowest BCUT2D eigenvalue weighted by Crippen LogP contribution is -2.30. The van der Waals surface area contributed by atoms with Gasteiger partial charge in [0.2, 0.25) is 0 Å². The molecule has 0 saturated heterocycles. The highest BCUT2D eigenvalue weighted by Crippen LogP contribution is 2.45. The van der Waals surface area contributed by atoms with Gasteiger partial charge in [-0.3, -0.25) is 37.3 Å². The molecule has 582 valence electrons. The SMILES string of the molecule is CCCCCCCCCCCCCCCCCCCCC(=O)O[C@H](COC(=O)CCCCCCCCCCCCCCCCCC)COP(=O)(O)OC[C@@H](O)COP(=O)(O)OC[C@@H](COC(=O)CCCCCCCCCCCCCC)OC(=O)CCCCCCCCCCC(C)CC. The van der Waals surface area contributed by atoms with Crippen LogP contribution < -0.4 is 0 Å². The molecule has 0 amide bonds. The van der Waals surface area contributed by atoms with Crippen LogP contribution in [0.4, 0.5) is 0 Å². The van der Waals surface area contributed by atoms with Crippen LogP contribution in [0.5, 0.6) is 0 Å². The monoisotopic (exact) mass is 1440 g/mol. The number of hydrogen-bond donors (Lipinski definition) is 3. The molecule has 0 saturated carbocycles. The number of phosphoric ester groups is 2. The Morgan fingerprint density at radius 2 is 0.490 bits per heavy atom. The number of phosphoric acid groups is 2. The average molecular weight is 1440 g/mol. The van der Waals surface area contributed by atoms with Crippen molar-refractivity contribution in [2.45, 2.75) is 438 Å². The van der Waals surface area contributed by atoms with Crippen LogP contribution in [0.15, 0.2) is 0 Å². The van der Waals surface area contributed by atoms with Crippen molar-refractivity contribution >= 4 is 39.5 Å². The van der Waals surface area contributed by atoms with Crippen LogP contribution >= 0.6 is 15.6 Å². The van der Waals surface area contributed by atoms with Crippen molar-refractivity contribution in [3.05, 3.63) is 0 Å². The Balaban J connectivity index is 5.25. The molecule has 0 aliphatic heterocycles. The normalized spacial score (nSPS) is 14.2. The average Bonchev–Trinajstić information content (AvgIpc) is 1.52. The van der Waals surface area contributed by atoms with Gasteiger partial charge in [-0.05, 0) is 31.6 Å². The topological polar surface area (TPSA) is 237 Å². The minimum atomic E-state index is -4.96. The van der Waals surface area contributed by atoms with Crippen LogP contribution in [0, 0.1) is 5.92 Å². The van der Waals surface area contributed by atoms with Crippen LogP contribution in [-0.4, -0.2) is 96.7 Å². The minimum absolute atomic E-state index is 0.106. The molecule has 6 atom stereocenters. The van der Waals surface area contributed by atoms with Gasteiger partial charge < -0.3 is 33.8 Å². The molecule has 0 fully saturated rings. The molecule has 0 bridgehead atoms. The quantitative estimate of drug-likeness (QED) is 0.0222. The predicted molar refractivity (Wildman–Crippen MR) is 400 cm³/mol. The maximum atomic E-state index is 13.1. The van der Waals surface area contributed by atoms with Crippen molar-refractivity contribution in [2.24, 2.45) is 5.92 Å². The first-order valence-corrected chi connectivity index (χ1v) is 44.2. The number of carbonyl (C=O) groups is 4. The summed E-state index contributed by atoms with van der Waals surface area (Å²) in [4.78, 5) is 73.0. The van der Waals surface area contributed by atoms with Crippen LogP contribution in [0.3, 0.4) is 0 Å². The molecule has 0 aromatic heterocycles. The van der Waals surface area contributed by atoms with E-state index in [1.54, 1.807) is 0 Å². The van der Waals surface area contributed by atoms with Gasteiger partial charge in [0, 0.05) is 25.7 Å². The molecule has 98 heavy (non-hydrogen) atoms. The van der Waals surface area contributed by atoms with E-state index in [1.165, 1.54) is 244 Å². The third-order valence-corrected chi connectivity index (χ3v) is 20.8. The third-order valence-electron chi connectivity index (χ3n) is 18.9. The van der Waals surface area contributed by atoms with Crippen molar-refractivity contribution in [1.29, 1.82) is 0 Å². The van der Waals surface area contributed by atoms with E-state index >= 15 is 0 Å². The number of carbonyl (C=O) groups excluding carboxylic acids is 4. The molecule has 3 unspecified atom stereocenters. The lowest BCUT2D eigenvalue weighted by atomic mass is 9.99. The van der Waals surface area contributed by atoms with Crippen LogP contribution in [0.25, 0.3) is 0 Å². The van der Waals surface area contributed by atoms with Gasteiger partial charge >= 0.3 is 39.5 Å². The standard InChI is InChI=1S/C79H154O17P2/c1-6-10-13-16-19-22-25-28-30-32-33-35-37-40-43-49-54-59-64-78(83)95-74(68-89-77(82)63-58-53-48-42-39-36-34-31-29-26-23-20-17-14-11-7-2)70-93-97(85,86)91-66-73(80)67-92-98(87,88)94-71-75(96-79(84)65-60-55-50-45-44-46-51-56-61-72(5)9-4)69-90-76(81)62-57-52-47-41-38-27-24-21-18-15-12-8-3/h72-75,80H,6-71H2,1-5H3,(H,85,86)(H,87,88)/t72?,73-,74-,75-/m1/s1. The Hall–Kier alpha value is -1.94. The first kappa shape index (κ1) is 96.1. The van der Waals surface area contributed by atoms with E-state index in [1.807, 2.05) is 0 Å². The summed E-state index contributed by atoms with van der Waals surface area (Å²) < 4.78 is 68.7. The number of unbranched alkanes of at least 4 members (excludes halogenated alkanes) is 50. The number of ether oxygens (including phenoxy) is 4. The van der Waals surface area contributed by atoms with Crippen LogP contribution in [-0.2, 0) is 65.4 Å². The fraction of sp³-hybridized carbons (Fsp3) is 0.949. The van der Waals surface area contributed by atoms with Crippen molar-refractivity contribution in [2.75, 3.05) is 39.6 Å². The maximum Gasteiger partial charge on any atom is 0.472 e. The number of rotatable bonds is 79. The second-order valence-electron chi connectivity index (χ2n) is 28.7. The second kappa shape index (κ2) is 72.0. The van der Waals surface area contributed by atoms with Crippen molar-refractivity contribution in [1.82, 2.24) is 0 Å². The van der Waals surface area contributed by atoms with Gasteiger partial charge in [0.15, 0.2) is 12.2 Å². The number of hydrogen-bond acceptors (Lipinski definition) is 15. The minimum Gasteiger partial charge on any atom is -0.462 e. The molecular weight excluding hydrogens is 1280 g/mol. The summed E-state index contributed by atoms with van der Waals surface area (Å²) in [6, 6.07) is 0. The molecule has 3 N–H and O–H groups in total. The summed E-state index contributed by atoms with van der Waals surface area (Å²) in [5, 5.41) is 10.6. The Morgan fingerprint density at radius 1 is 0.286 bits per heavy atom. The maximum absolute atomic E-state index is 13.1. The van der Waals surface area contributed by atoms with E-state index in [-0.39, 0.29) is 25.7 Å². The van der Waals surface area contributed by atoms with Crippen LogP contribution in [0.1, 0.15) is 420 Å². The Morgan fingerprint density at radius 3 is 0.724 bits per heavy atom. The van der Waals surface area contributed by atoms with Gasteiger partial charge in [0.1, 0.15) is 19.3 Å². The number of aliphatic hydroxyl groups is 1. The molecule has 0 radical (unpaired) electrons. The van der Waals surface area contributed by atoms with E-state index in [0.717, 1.165) is 95.8 Å². The summed E-state index contributed by atoms with van der Waals surface area (Å²) in [6.45, 7) is 7.32. The Bertz CT molecular complexity index is 1880. The van der Waals surface area contributed by atoms with Gasteiger partial charge in [-0.25, -0.2) is 9.13 Å². The van der Waals surface area contributed by atoms with Crippen molar-refractivity contribution < 1.29 is 80.2 Å². The van der Waals surface area contributed by atoms with Crippen molar-refractivity contribution in [3.63, 3.8) is 0 Å². The first-order valence-electron chi connectivity index (χ1n) is 41.2. The van der Waals surface area contributed by atoms with E-state index in [0.29, 0.717) is 25.7 Å². The summed E-state index contributed by atoms with van der Waals surface area (Å²) in [5.41, 5.74) is 0. The molecule has 17 nitrogen and oxygen atoms in total. The molecule has 19 heteroatoms. The van der Waals surface area contributed by atoms with Gasteiger partial charge in [-0.2, -0.15) is 0 Å². The second-order valence-corrected chi connectivity index (χ2v) is 31.6. The molecule has 0 aliphatic carbocycles. The zero-order valence-electron chi connectivity index (χ0n) is 63.9. The molecule has 0 rings (SSSR count). The lowest BCUT2D eigenvalue weighted by Gasteiger charge is -2.21. The fourth-order valence-corrected chi connectivity index (χ4v) is 13.8. The van der Waals surface area contributed by atoms with Gasteiger partial charge in [0.25, 0.3) is 0 Å². The van der Waals surface area contributed by atoms with E-state index < -0.39 is 97.5 Å². The van der Waals surface area contributed by atoms with Crippen LogP contribution in [0.2, 0.25) is 0 Å². The number of aliphatic hydroxyl groups excluding tert-OH is 1. The Labute approximate surface area is 600 Å². The zero-order valence-corrected chi connectivity index (χ0v) is 65.7. The van der Waals surface area contributed by atoms with Gasteiger partial charge in [-0.15, -0.1) is 0 Å². The fourth-order valence-electron chi connectivity index (χ4n) is 12.2. The highest BCUT2D eigenvalue weighted by atomic mass is 31.2. The third kappa shape index (κ3) is 71.1. The Kier molecular flexibility index (Phi) is 70.6. The first-order chi connectivity index (χ1) is 47.6. The largest absolute Gasteiger partial charge is 0.472 e. The van der Waals surface area contributed by atoms with E-state index in [4.69, 9.17) is 37.0 Å². The van der Waals surface area contributed by atoms with E-state index in [9.17, 15) is 43.2 Å². The van der Waals surface area contributed by atoms with E-state index in [2.05, 4.69) is 34.6 Å². The molecule has 0 aliphatic rings. The lowest BCUT2D eigenvalue weighted by molar-refractivity contribution is -0.161. The molecule has 0 aromatic carbocycles.